The van der Waals surface area contributed by atoms with E-state index >= 15 is 0 Å². The third kappa shape index (κ3) is 4.85. The zero-order valence-electron chi connectivity index (χ0n) is 19.4. The van der Waals surface area contributed by atoms with E-state index in [4.69, 9.17) is 4.74 Å². The van der Waals surface area contributed by atoms with Gasteiger partial charge in [-0.2, -0.15) is 13.9 Å². The van der Waals surface area contributed by atoms with Crippen molar-refractivity contribution in [2.45, 2.75) is 18.4 Å². The number of rotatable bonds is 6. The Morgan fingerprint density at radius 1 is 1.03 bits per heavy atom. The molecule has 1 aliphatic heterocycles. The number of ether oxygens (including phenoxy) is 1. The van der Waals surface area contributed by atoms with Crippen LogP contribution < -0.4 is 10.3 Å². The lowest BCUT2D eigenvalue weighted by Crippen LogP contribution is -2.48. The fraction of sp³-hybridized carbons (Fsp3) is 0.292. The topological polar surface area (TPSA) is 97.1 Å². The van der Waals surface area contributed by atoms with E-state index in [1.807, 2.05) is 31.2 Å². The lowest BCUT2D eigenvalue weighted by atomic mass is 10.1. The number of sulfonamides is 1. The molecule has 35 heavy (non-hydrogen) atoms. The summed E-state index contributed by atoms with van der Waals surface area (Å²) >= 11 is 1.38. The van der Waals surface area contributed by atoms with Crippen LogP contribution in [0, 0.1) is 6.92 Å². The first kappa shape index (κ1) is 23.6. The summed E-state index contributed by atoms with van der Waals surface area (Å²) in [6.45, 7) is 4.32. The van der Waals surface area contributed by atoms with Gasteiger partial charge in [-0.25, -0.2) is 13.4 Å². The molecule has 0 spiro atoms. The van der Waals surface area contributed by atoms with Crippen molar-refractivity contribution in [3.05, 3.63) is 76.2 Å². The van der Waals surface area contributed by atoms with Crippen LogP contribution in [0.25, 0.3) is 15.5 Å². The molecule has 11 heteroatoms. The van der Waals surface area contributed by atoms with Gasteiger partial charge in [-0.15, -0.1) is 0 Å². The number of benzene rings is 2. The largest absolute Gasteiger partial charge is 0.497 e. The molecule has 0 atom stereocenters. The molecule has 182 valence electrons. The molecule has 1 aliphatic rings. The van der Waals surface area contributed by atoms with Gasteiger partial charge in [-0.05, 0) is 37.3 Å². The number of aryl methyl sites for hydroxylation is 1. The summed E-state index contributed by atoms with van der Waals surface area (Å²) in [4.78, 5) is 20.3. The minimum atomic E-state index is -3.57. The maximum absolute atomic E-state index is 13.0. The third-order valence-electron chi connectivity index (χ3n) is 5.98. The molecule has 0 amide bonds. The van der Waals surface area contributed by atoms with Gasteiger partial charge in [-0.3, -0.25) is 9.69 Å². The second-order valence-corrected chi connectivity index (χ2v) is 11.3. The highest BCUT2D eigenvalue weighted by Gasteiger charge is 2.28. The number of methoxy groups -OCH3 is 1. The maximum Gasteiger partial charge on any atom is 0.275 e. The van der Waals surface area contributed by atoms with Crippen LogP contribution in [0.4, 0.5) is 0 Å². The SMILES string of the molecule is COc1ccc(S(=O)(=O)N2CCN(Cc3cc(=O)n4nc(-c5cccc(C)c5)sc4n3)CC2)cc1. The van der Waals surface area contributed by atoms with Crippen molar-refractivity contribution in [3.63, 3.8) is 0 Å². The van der Waals surface area contributed by atoms with Gasteiger partial charge < -0.3 is 4.74 Å². The fourth-order valence-electron chi connectivity index (χ4n) is 4.09. The molecule has 0 N–H and O–H groups in total. The number of piperazine rings is 1. The van der Waals surface area contributed by atoms with E-state index in [9.17, 15) is 13.2 Å². The third-order valence-corrected chi connectivity index (χ3v) is 8.85. The van der Waals surface area contributed by atoms with Crippen LogP contribution in [0.3, 0.4) is 0 Å². The molecule has 1 saturated heterocycles. The van der Waals surface area contributed by atoms with Gasteiger partial charge in [0.15, 0.2) is 0 Å². The Labute approximate surface area is 207 Å². The van der Waals surface area contributed by atoms with Crippen LogP contribution in [0.15, 0.2) is 64.3 Å². The smallest absolute Gasteiger partial charge is 0.275 e. The van der Waals surface area contributed by atoms with E-state index in [1.165, 1.54) is 26.2 Å². The molecule has 0 bridgehead atoms. The molecule has 0 saturated carbocycles. The van der Waals surface area contributed by atoms with Crippen molar-refractivity contribution >= 4 is 26.3 Å². The Morgan fingerprint density at radius 3 is 2.46 bits per heavy atom. The van der Waals surface area contributed by atoms with Crippen LogP contribution in [-0.2, 0) is 16.6 Å². The van der Waals surface area contributed by atoms with Crippen LogP contribution in [0.2, 0.25) is 0 Å². The van der Waals surface area contributed by atoms with Crippen molar-refractivity contribution in [2.24, 2.45) is 0 Å². The van der Waals surface area contributed by atoms with Crippen LogP contribution in [0.5, 0.6) is 5.75 Å². The van der Waals surface area contributed by atoms with E-state index in [0.717, 1.165) is 16.1 Å². The normalized spacial score (nSPS) is 15.5. The fourth-order valence-corrected chi connectivity index (χ4v) is 6.43. The Morgan fingerprint density at radius 2 is 1.77 bits per heavy atom. The average Bonchev–Trinajstić information content (AvgIpc) is 3.29. The van der Waals surface area contributed by atoms with Crippen LogP contribution in [0.1, 0.15) is 11.3 Å². The van der Waals surface area contributed by atoms with Gasteiger partial charge in [0.2, 0.25) is 15.0 Å². The number of nitrogens with zero attached hydrogens (tertiary/aromatic N) is 5. The standard InChI is InChI=1S/C24H25N5O4S2/c1-17-4-3-5-18(14-17)23-26-29-22(30)15-19(25-24(29)34-23)16-27-10-12-28(13-11-27)35(31,32)21-8-6-20(33-2)7-9-21/h3-9,14-15H,10-13,16H2,1-2H3. The average molecular weight is 512 g/mol. The molecule has 2 aromatic heterocycles. The molecule has 9 nitrogen and oxygen atoms in total. The van der Waals surface area contributed by atoms with E-state index in [-0.39, 0.29) is 10.5 Å². The summed E-state index contributed by atoms with van der Waals surface area (Å²) in [6.07, 6.45) is 0. The first-order valence-corrected chi connectivity index (χ1v) is 13.4. The van der Waals surface area contributed by atoms with E-state index < -0.39 is 10.0 Å². The van der Waals surface area contributed by atoms with Crippen molar-refractivity contribution in [1.29, 1.82) is 0 Å². The predicted molar refractivity (Wildman–Crippen MR) is 134 cm³/mol. The predicted octanol–water partition coefficient (Wildman–Crippen LogP) is 2.64. The van der Waals surface area contributed by atoms with Gasteiger partial charge in [-0.1, -0.05) is 35.1 Å². The summed E-state index contributed by atoms with van der Waals surface area (Å²) in [7, 11) is -2.03. The molecule has 4 aromatic rings. The Kier molecular flexibility index (Phi) is 6.41. The first-order valence-electron chi connectivity index (χ1n) is 11.2. The van der Waals surface area contributed by atoms with E-state index in [0.29, 0.717) is 49.1 Å². The highest BCUT2D eigenvalue weighted by molar-refractivity contribution is 7.89. The van der Waals surface area contributed by atoms with Gasteiger partial charge in [0, 0.05) is 44.4 Å². The zero-order valence-corrected chi connectivity index (χ0v) is 21.1. The summed E-state index contributed by atoms with van der Waals surface area (Å²) in [5.41, 5.74) is 2.51. The summed E-state index contributed by atoms with van der Waals surface area (Å²) in [5, 5.41) is 5.20. The molecule has 1 fully saturated rings. The quantitative estimate of drug-likeness (QED) is 0.393. The second-order valence-electron chi connectivity index (χ2n) is 8.41. The second kappa shape index (κ2) is 9.50. The molecule has 5 rings (SSSR count). The van der Waals surface area contributed by atoms with Gasteiger partial charge in [0.1, 0.15) is 10.8 Å². The number of hydrogen-bond donors (Lipinski definition) is 0. The summed E-state index contributed by atoms with van der Waals surface area (Å²) < 4.78 is 33.9. The molecule has 2 aromatic carbocycles. The summed E-state index contributed by atoms with van der Waals surface area (Å²) in [6, 6.07) is 15.9. The minimum absolute atomic E-state index is 0.221. The van der Waals surface area contributed by atoms with Gasteiger partial charge >= 0.3 is 0 Å². The molecular weight excluding hydrogens is 486 g/mol. The molecule has 3 heterocycles. The Bertz CT molecular complexity index is 1520. The minimum Gasteiger partial charge on any atom is -0.497 e. The van der Waals surface area contributed by atoms with Crippen molar-refractivity contribution in [2.75, 3.05) is 33.3 Å². The summed E-state index contributed by atoms with van der Waals surface area (Å²) in [5.74, 6) is 0.612. The van der Waals surface area contributed by atoms with E-state index in [1.54, 1.807) is 31.4 Å². The first-order chi connectivity index (χ1) is 16.8. The number of hydrogen-bond acceptors (Lipinski definition) is 8. The Balaban J connectivity index is 1.28. The van der Waals surface area contributed by atoms with Crippen molar-refractivity contribution in [1.82, 2.24) is 23.8 Å². The highest BCUT2D eigenvalue weighted by atomic mass is 32.2. The van der Waals surface area contributed by atoms with Gasteiger partial charge in [0.05, 0.1) is 17.7 Å². The monoisotopic (exact) mass is 511 g/mol. The number of fused-ring (bicyclic) bond motifs is 1. The lowest BCUT2D eigenvalue weighted by Gasteiger charge is -2.33. The van der Waals surface area contributed by atoms with Crippen molar-refractivity contribution < 1.29 is 13.2 Å². The molecular formula is C24H25N5O4S2. The van der Waals surface area contributed by atoms with Crippen LogP contribution in [-0.4, -0.2) is 65.5 Å². The lowest BCUT2D eigenvalue weighted by molar-refractivity contribution is 0.180. The van der Waals surface area contributed by atoms with Gasteiger partial charge in [0.25, 0.3) is 5.56 Å². The van der Waals surface area contributed by atoms with Crippen LogP contribution >= 0.6 is 11.3 Å². The molecule has 0 unspecified atom stereocenters. The zero-order chi connectivity index (χ0) is 24.6. The highest BCUT2D eigenvalue weighted by Crippen LogP contribution is 2.25. The van der Waals surface area contributed by atoms with Crippen molar-refractivity contribution in [3.8, 4) is 16.3 Å². The molecule has 0 aliphatic carbocycles. The Hall–Kier alpha value is -3.12. The molecule has 0 radical (unpaired) electrons. The van der Waals surface area contributed by atoms with E-state index in [2.05, 4.69) is 15.0 Å². The number of aromatic nitrogens is 3. The maximum atomic E-state index is 13.0.